The molecule has 1 aliphatic heterocycles. The van der Waals surface area contributed by atoms with Gasteiger partial charge in [-0.2, -0.15) is 0 Å². The Morgan fingerprint density at radius 1 is 1.00 bits per heavy atom. The van der Waals surface area contributed by atoms with Crippen molar-refractivity contribution in [3.8, 4) is 0 Å². The first-order valence-electron chi connectivity index (χ1n) is 6.39. The highest BCUT2D eigenvalue weighted by atomic mass is 15.2. The predicted octanol–water partition coefficient (Wildman–Crippen LogP) is 3.93. The van der Waals surface area contributed by atoms with Crippen molar-refractivity contribution in [3.05, 3.63) is 0 Å². The highest BCUT2D eigenvalue weighted by Crippen LogP contribution is 2.37. The molecule has 0 N–H and O–H groups in total. The van der Waals surface area contributed by atoms with E-state index in [0.717, 1.165) is 12.0 Å². The molecule has 0 aromatic carbocycles. The van der Waals surface area contributed by atoms with E-state index in [1.165, 1.54) is 19.4 Å². The average molecular weight is 211 g/mol. The topological polar surface area (TPSA) is 3.24 Å². The van der Waals surface area contributed by atoms with Crippen LogP contribution < -0.4 is 0 Å². The van der Waals surface area contributed by atoms with Crippen molar-refractivity contribution in [1.82, 2.24) is 4.90 Å². The summed E-state index contributed by atoms with van der Waals surface area (Å²) >= 11 is 0. The second-order valence-electron chi connectivity index (χ2n) is 7.38. The standard InChI is InChI=1S/C14H29N/c1-11-8-9-15(14(5,6)7)12(10-11)13(2,3)4/h11-12H,8-10H2,1-7H3/t11-,12?/m0/s1. The Morgan fingerprint density at radius 3 is 1.93 bits per heavy atom. The van der Waals surface area contributed by atoms with E-state index >= 15 is 0 Å². The van der Waals surface area contributed by atoms with Crippen LogP contribution in [0, 0.1) is 11.3 Å². The lowest BCUT2D eigenvalue weighted by Crippen LogP contribution is -2.56. The van der Waals surface area contributed by atoms with Crippen LogP contribution in [0.2, 0.25) is 0 Å². The molecule has 1 fully saturated rings. The van der Waals surface area contributed by atoms with Crippen molar-refractivity contribution in [2.45, 2.75) is 72.9 Å². The Morgan fingerprint density at radius 2 is 1.53 bits per heavy atom. The van der Waals surface area contributed by atoms with E-state index in [0.29, 0.717) is 11.0 Å². The molecule has 1 saturated heterocycles. The number of rotatable bonds is 0. The average Bonchev–Trinajstić information content (AvgIpc) is 2.00. The third-order valence-electron chi connectivity index (χ3n) is 3.73. The molecule has 1 unspecified atom stereocenters. The van der Waals surface area contributed by atoms with Gasteiger partial charge in [-0.25, -0.2) is 0 Å². The van der Waals surface area contributed by atoms with Crippen molar-refractivity contribution >= 4 is 0 Å². The van der Waals surface area contributed by atoms with Crippen molar-refractivity contribution in [3.63, 3.8) is 0 Å². The van der Waals surface area contributed by atoms with Gasteiger partial charge in [0, 0.05) is 11.6 Å². The van der Waals surface area contributed by atoms with E-state index in [1.54, 1.807) is 0 Å². The summed E-state index contributed by atoms with van der Waals surface area (Å²) < 4.78 is 0. The molecule has 1 aliphatic rings. The lowest BCUT2D eigenvalue weighted by atomic mass is 9.75. The lowest BCUT2D eigenvalue weighted by molar-refractivity contribution is -0.0193. The molecule has 0 bridgehead atoms. The zero-order valence-corrected chi connectivity index (χ0v) is 11.7. The summed E-state index contributed by atoms with van der Waals surface area (Å²) in [7, 11) is 0. The minimum Gasteiger partial charge on any atom is -0.295 e. The van der Waals surface area contributed by atoms with Gasteiger partial charge >= 0.3 is 0 Å². The van der Waals surface area contributed by atoms with Crippen LogP contribution in [0.3, 0.4) is 0 Å². The lowest BCUT2D eigenvalue weighted by Gasteiger charge is -2.51. The van der Waals surface area contributed by atoms with Crippen LogP contribution in [0.4, 0.5) is 0 Å². The van der Waals surface area contributed by atoms with Gasteiger partial charge in [0.25, 0.3) is 0 Å². The van der Waals surface area contributed by atoms with Gasteiger partial charge in [-0.1, -0.05) is 27.7 Å². The summed E-state index contributed by atoms with van der Waals surface area (Å²) in [6.45, 7) is 17.9. The maximum absolute atomic E-state index is 2.72. The molecule has 0 saturated carbocycles. The van der Waals surface area contributed by atoms with Crippen LogP contribution in [0.15, 0.2) is 0 Å². The maximum atomic E-state index is 2.72. The first kappa shape index (κ1) is 13.0. The van der Waals surface area contributed by atoms with Crippen molar-refractivity contribution in [1.29, 1.82) is 0 Å². The Hall–Kier alpha value is -0.0400. The second kappa shape index (κ2) is 4.08. The monoisotopic (exact) mass is 211 g/mol. The number of likely N-dealkylation sites (tertiary alicyclic amines) is 1. The first-order chi connectivity index (χ1) is 6.62. The summed E-state index contributed by atoms with van der Waals surface area (Å²) in [5, 5.41) is 0. The Labute approximate surface area is 96.2 Å². The predicted molar refractivity (Wildman–Crippen MR) is 68.1 cm³/mol. The van der Waals surface area contributed by atoms with Gasteiger partial charge in [0.15, 0.2) is 0 Å². The van der Waals surface area contributed by atoms with Crippen molar-refractivity contribution in [2.75, 3.05) is 6.54 Å². The van der Waals surface area contributed by atoms with Crippen LogP contribution >= 0.6 is 0 Å². The fourth-order valence-corrected chi connectivity index (χ4v) is 2.77. The number of piperidine rings is 1. The molecule has 90 valence electrons. The van der Waals surface area contributed by atoms with E-state index in [1.807, 2.05) is 0 Å². The SMILES string of the molecule is C[C@H]1CCN(C(C)(C)C)C(C(C)(C)C)C1. The number of nitrogens with zero attached hydrogens (tertiary/aromatic N) is 1. The smallest absolute Gasteiger partial charge is 0.0151 e. The van der Waals surface area contributed by atoms with Crippen LogP contribution in [-0.2, 0) is 0 Å². The molecule has 0 amide bonds. The first-order valence-corrected chi connectivity index (χ1v) is 6.39. The molecule has 0 aromatic rings. The molecule has 0 aliphatic carbocycles. The van der Waals surface area contributed by atoms with E-state index < -0.39 is 0 Å². The Balaban J connectivity index is 2.85. The fourth-order valence-electron chi connectivity index (χ4n) is 2.77. The van der Waals surface area contributed by atoms with Gasteiger partial charge in [-0.15, -0.1) is 0 Å². The Kier molecular flexibility index (Phi) is 3.55. The van der Waals surface area contributed by atoms with E-state index in [9.17, 15) is 0 Å². The van der Waals surface area contributed by atoms with Gasteiger partial charge in [0.05, 0.1) is 0 Å². The van der Waals surface area contributed by atoms with Gasteiger partial charge in [0.1, 0.15) is 0 Å². The minimum atomic E-state index is 0.318. The molecule has 0 radical (unpaired) electrons. The number of hydrogen-bond acceptors (Lipinski definition) is 1. The fraction of sp³-hybridized carbons (Fsp3) is 1.00. The second-order valence-corrected chi connectivity index (χ2v) is 7.38. The molecule has 1 heteroatoms. The van der Waals surface area contributed by atoms with Crippen LogP contribution in [-0.4, -0.2) is 23.0 Å². The summed E-state index contributed by atoms with van der Waals surface area (Å²) in [6.07, 6.45) is 2.73. The summed E-state index contributed by atoms with van der Waals surface area (Å²) in [6, 6.07) is 0.737. The zero-order valence-electron chi connectivity index (χ0n) is 11.7. The molecule has 1 rings (SSSR count). The minimum absolute atomic E-state index is 0.318. The third-order valence-corrected chi connectivity index (χ3v) is 3.73. The van der Waals surface area contributed by atoms with Gasteiger partial charge < -0.3 is 0 Å². The summed E-state index contributed by atoms with van der Waals surface area (Å²) in [5.74, 6) is 0.896. The molecule has 0 aromatic heterocycles. The molecule has 2 atom stereocenters. The molecular weight excluding hydrogens is 182 g/mol. The number of hydrogen-bond donors (Lipinski definition) is 0. The van der Waals surface area contributed by atoms with E-state index in [2.05, 4.69) is 53.4 Å². The zero-order chi connectivity index (χ0) is 11.9. The van der Waals surface area contributed by atoms with E-state index in [-0.39, 0.29) is 0 Å². The van der Waals surface area contributed by atoms with E-state index in [4.69, 9.17) is 0 Å². The maximum Gasteiger partial charge on any atom is 0.0151 e. The van der Waals surface area contributed by atoms with Crippen LogP contribution in [0.1, 0.15) is 61.3 Å². The molecule has 0 spiro atoms. The molecule has 1 heterocycles. The summed E-state index contributed by atoms with van der Waals surface area (Å²) in [4.78, 5) is 2.72. The third kappa shape index (κ3) is 3.21. The van der Waals surface area contributed by atoms with Gasteiger partial charge in [-0.05, 0) is 51.5 Å². The highest BCUT2D eigenvalue weighted by Gasteiger charge is 2.39. The summed E-state index contributed by atoms with van der Waals surface area (Å²) in [5.41, 5.74) is 0.722. The quantitative estimate of drug-likeness (QED) is 0.587. The molecule has 15 heavy (non-hydrogen) atoms. The molecule has 1 nitrogen and oxygen atoms in total. The van der Waals surface area contributed by atoms with Crippen molar-refractivity contribution in [2.24, 2.45) is 11.3 Å². The molecular formula is C14H29N. The van der Waals surface area contributed by atoms with Crippen molar-refractivity contribution < 1.29 is 0 Å². The van der Waals surface area contributed by atoms with Crippen LogP contribution in [0.5, 0.6) is 0 Å². The highest BCUT2D eigenvalue weighted by molar-refractivity contribution is 4.93. The normalized spacial score (nSPS) is 30.6. The van der Waals surface area contributed by atoms with Gasteiger partial charge in [-0.3, -0.25) is 4.90 Å². The van der Waals surface area contributed by atoms with Crippen LogP contribution in [0.25, 0.3) is 0 Å². The van der Waals surface area contributed by atoms with Gasteiger partial charge in [0.2, 0.25) is 0 Å². The largest absolute Gasteiger partial charge is 0.295 e. The Bertz CT molecular complexity index is 206.